The van der Waals surface area contributed by atoms with Gasteiger partial charge in [-0.1, -0.05) is 31.4 Å². The first-order valence-corrected chi connectivity index (χ1v) is 5.99. The Morgan fingerprint density at radius 2 is 1.75 bits per heavy atom. The van der Waals surface area contributed by atoms with Crippen molar-refractivity contribution in [3.8, 4) is 6.07 Å². The van der Waals surface area contributed by atoms with E-state index in [-0.39, 0.29) is 6.10 Å². The summed E-state index contributed by atoms with van der Waals surface area (Å²) in [5, 5.41) is 18.9. The molecule has 2 rings (SSSR count). The molecular weight excluding hydrogens is 198 g/mol. The van der Waals surface area contributed by atoms with Gasteiger partial charge in [-0.3, -0.25) is 0 Å². The molecule has 2 heteroatoms. The molecule has 0 radical (unpaired) electrons. The zero-order valence-corrected chi connectivity index (χ0v) is 9.39. The van der Waals surface area contributed by atoms with Crippen LogP contribution in [0.1, 0.15) is 49.3 Å². The van der Waals surface area contributed by atoms with E-state index in [2.05, 4.69) is 6.07 Å². The van der Waals surface area contributed by atoms with E-state index in [1.165, 1.54) is 19.3 Å². The molecular formula is C14H17NO. The van der Waals surface area contributed by atoms with E-state index in [1.807, 2.05) is 12.1 Å². The Kier molecular flexibility index (Phi) is 3.58. The molecule has 1 aliphatic rings. The van der Waals surface area contributed by atoms with Crippen LogP contribution < -0.4 is 0 Å². The Balaban J connectivity index is 2.07. The average molecular weight is 215 g/mol. The molecule has 0 spiro atoms. The number of hydrogen-bond donors (Lipinski definition) is 1. The van der Waals surface area contributed by atoms with Crippen molar-refractivity contribution in [1.29, 1.82) is 5.26 Å². The lowest BCUT2D eigenvalue weighted by molar-refractivity contribution is 0.0848. The fourth-order valence-electron chi connectivity index (χ4n) is 2.48. The predicted octanol–water partition coefficient (Wildman–Crippen LogP) is 3.17. The van der Waals surface area contributed by atoms with Crippen molar-refractivity contribution in [3.05, 3.63) is 35.4 Å². The first-order valence-electron chi connectivity index (χ1n) is 5.99. The molecule has 16 heavy (non-hydrogen) atoms. The van der Waals surface area contributed by atoms with Gasteiger partial charge in [0.05, 0.1) is 17.7 Å². The van der Waals surface area contributed by atoms with Crippen LogP contribution in [0.2, 0.25) is 0 Å². The second kappa shape index (κ2) is 5.14. The molecule has 2 nitrogen and oxygen atoms in total. The maximum Gasteiger partial charge on any atom is 0.0991 e. The van der Waals surface area contributed by atoms with Crippen molar-refractivity contribution in [3.63, 3.8) is 0 Å². The van der Waals surface area contributed by atoms with Crippen LogP contribution in [-0.2, 0) is 0 Å². The van der Waals surface area contributed by atoms with Crippen molar-refractivity contribution in [2.75, 3.05) is 0 Å². The molecule has 84 valence electrons. The molecule has 1 aromatic carbocycles. The summed E-state index contributed by atoms with van der Waals surface area (Å²) in [6, 6.07) is 9.39. The standard InChI is InChI=1S/C14H17NO/c15-10-11-6-8-13(9-7-11)14(16)12-4-2-1-3-5-12/h6-9,12,14,16H,1-5H2. The highest BCUT2D eigenvalue weighted by molar-refractivity contribution is 5.32. The van der Waals surface area contributed by atoms with Crippen LogP contribution in [0.5, 0.6) is 0 Å². The number of nitriles is 1. The Labute approximate surface area is 96.5 Å². The fourth-order valence-corrected chi connectivity index (χ4v) is 2.48. The summed E-state index contributed by atoms with van der Waals surface area (Å²) in [6.07, 6.45) is 5.67. The average Bonchev–Trinajstić information content (AvgIpc) is 2.39. The van der Waals surface area contributed by atoms with Gasteiger partial charge in [-0.2, -0.15) is 5.26 Å². The molecule has 1 atom stereocenters. The lowest BCUT2D eigenvalue weighted by Crippen LogP contribution is -2.15. The molecule has 1 saturated carbocycles. The van der Waals surface area contributed by atoms with Gasteiger partial charge >= 0.3 is 0 Å². The normalized spacial score (nSPS) is 19.0. The fraction of sp³-hybridized carbons (Fsp3) is 0.500. The molecule has 1 N–H and O–H groups in total. The Hall–Kier alpha value is -1.33. The maximum atomic E-state index is 10.2. The summed E-state index contributed by atoms with van der Waals surface area (Å²) in [5.74, 6) is 0.404. The maximum absolute atomic E-state index is 10.2. The van der Waals surface area contributed by atoms with Crippen LogP contribution in [0, 0.1) is 17.2 Å². The largest absolute Gasteiger partial charge is 0.388 e. The first kappa shape index (κ1) is 11.2. The number of rotatable bonds is 2. The molecule has 0 aliphatic heterocycles. The smallest absolute Gasteiger partial charge is 0.0991 e. The molecule has 1 unspecified atom stereocenters. The molecule has 0 saturated heterocycles. The minimum Gasteiger partial charge on any atom is -0.388 e. The van der Waals surface area contributed by atoms with E-state index in [0.29, 0.717) is 11.5 Å². The number of aliphatic hydroxyl groups excluding tert-OH is 1. The summed E-state index contributed by atoms with van der Waals surface area (Å²) >= 11 is 0. The summed E-state index contributed by atoms with van der Waals surface area (Å²) in [4.78, 5) is 0. The van der Waals surface area contributed by atoms with E-state index in [9.17, 15) is 5.11 Å². The van der Waals surface area contributed by atoms with Gasteiger partial charge in [0.15, 0.2) is 0 Å². The summed E-state index contributed by atoms with van der Waals surface area (Å²) in [5.41, 5.74) is 1.60. The van der Waals surface area contributed by atoms with Crippen molar-refractivity contribution >= 4 is 0 Å². The van der Waals surface area contributed by atoms with Gasteiger partial charge in [0.1, 0.15) is 0 Å². The van der Waals surface area contributed by atoms with E-state index in [0.717, 1.165) is 18.4 Å². The number of aliphatic hydroxyl groups is 1. The highest BCUT2D eigenvalue weighted by atomic mass is 16.3. The van der Waals surface area contributed by atoms with Crippen LogP contribution in [-0.4, -0.2) is 5.11 Å². The Morgan fingerprint density at radius 1 is 1.12 bits per heavy atom. The van der Waals surface area contributed by atoms with Crippen LogP contribution in [0.25, 0.3) is 0 Å². The third-order valence-corrected chi connectivity index (χ3v) is 3.48. The van der Waals surface area contributed by atoms with Crippen molar-refractivity contribution in [2.24, 2.45) is 5.92 Å². The van der Waals surface area contributed by atoms with Gasteiger partial charge in [0.2, 0.25) is 0 Å². The van der Waals surface area contributed by atoms with E-state index in [4.69, 9.17) is 5.26 Å². The second-order valence-electron chi connectivity index (χ2n) is 4.58. The van der Waals surface area contributed by atoms with E-state index >= 15 is 0 Å². The van der Waals surface area contributed by atoms with E-state index in [1.54, 1.807) is 12.1 Å². The highest BCUT2D eigenvalue weighted by Gasteiger charge is 2.22. The van der Waals surface area contributed by atoms with Crippen molar-refractivity contribution in [1.82, 2.24) is 0 Å². The quantitative estimate of drug-likeness (QED) is 0.823. The molecule has 0 amide bonds. The third-order valence-electron chi connectivity index (χ3n) is 3.48. The lowest BCUT2D eigenvalue weighted by atomic mass is 9.83. The molecule has 0 heterocycles. The zero-order chi connectivity index (χ0) is 11.4. The summed E-state index contributed by atoms with van der Waals surface area (Å²) < 4.78 is 0. The van der Waals surface area contributed by atoms with Crippen LogP contribution in [0.4, 0.5) is 0 Å². The van der Waals surface area contributed by atoms with Gasteiger partial charge in [-0.15, -0.1) is 0 Å². The van der Waals surface area contributed by atoms with Crippen molar-refractivity contribution in [2.45, 2.75) is 38.2 Å². The first-order chi connectivity index (χ1) is 7.81. The minimum atomic E-state index is -0.354. The van der Waals surface area contributed by atoms with E-state index < -0.39 is 0 Å². The van der Waals surface area contributed by atoms with Gasteiger partial charge in [-0.05, 0) is 36.5 Å². The topological polar surface area (TPSA) is 44.0 Å². The number of nitrogens with zero attached hydrogens (tertiary/aromatic N) is 1. The van der Waals surface area contributed by atoms with Crippen LogP contribution in [0.15, 0.2) is 24.3 Å². The molecule has 1 aromatic rings. The molecule has 0 bridgehead atoms. The van der Waals surface area contributed by atoms with Gasteiger partial charge in [-0.25, -0.2) is 0 Å². The Morgan fingerprint density at radius 3 is 2.31 bits per heavy atom. The van der Waals surface area contributed by atoms with Crippen molar-refractivity contribution < 1.29 is 5.11 Å². The predicted molar refractivity (Wildman–Crippen MR) is 62.7 cm³/mol. The second-order valence-corrected chi connectivity index (χ2v) is 4.58. The monoisotopic (exact) mass is 215 g/mol. The SMILES string of the molecule is N#Cc1ccc(C(O)C2CCCCC2)cc1. The van der Waals surface area contributed by atoms with Crippen LogP contribution >= 0.6 is 0 Å². The van der Waals surface area contributed by atoms with Gasteiger partial charge in [0.25, 0.3) is 0 Å². The summed E-state index contributed by atoms with van der Waals surface area (Å²) in [7, 11) is 0. The molecule has 1 aliphatic carbocycles. The minimum absolute atomic E-state index is 0.354. The highest BCUT2D eigenvalue weighted by Crippen LogP contribution is 2.34. The zero-order valence-electron chi connectivity index (χ0n) is 9.39. The number of hydrogen-bond acceptors (Lipinski definition) is 2. The third kappa shape index (κ3) is 2.43. The summed E-state index contributed by atoms with van der Waals surface area (Å²) in [6.45, 7) is 0. The van der Waals surface area contributed by atoms with Gasteiger partial charge < -0.3 is 5.11 Å². The Bertz CT molecular complexity index is 371. The molecule has 1 fully saturated rings. The number of benzene rings is 1. The van der Waals surface area contributed by atoms with Crippen LogP contribution in [0.3, 0.4) is 0 Å². The van der Waals surface area contributed by atoms with Gasteiger partial charge in [0, 0.05) is 0 Å². The lowest BCUT2D eigenvalue weighted by Gasteiger charge is -2.26. The molecule has 0 aromatic heterocycles.